The standard InChI is InChI=1S/C17H15Cl2N3O2/c18-12-3-4-14(13(19)10-12)21-16(23)11-5-6-20-15(9-11)17(24)22-7-1-2-8-22/h3-6,9-10H,1-2,7-8H2,(H,21,23). The third-order valence-electron chi connectivity index (χ3n) is 3.81. The maximum Gasteiger partial charge on any atom is 0.272 e. The van der Waals surface area contributed by atoms with E-state index in [0.717, 1.165) is 25.9 Å². The summed E-state index contributed by atoms with van der Waals surface area (Å²) < 4.78 is 0. The number of hydrogen-bond donors (Lipinski definition) is 1. The predicted molar refractivity (Wildman–Crippen MR) is 93.8 cm³/mol. The second-order valence-electron chi connectivity index (χ2n) is 5.51. The summed E-state index contributed by atoms with van der Waals surface area (Å²) in [7, 11) is 0. The van der Waals surface area contributed by atoms with E-state index in [-0.39, 0.29) is 17.5 Å². The van der Waals surface area contributed by atoms with Crippen LogP contribution in [0.25, 0.3) is 0 Å². The van der Waals surface area contributed by atoms with Gasteiger partial charge >= 0.3 is 0 Å². The average Bonchev–Trinajstić information content (AvgIpc) is 3.11. The van der Waals surface area contributed by atoms with Crippen LogP contribution in [0, 0.1) is 0 Å². The highest BCUT2D eigenvalue weighted by Gasteiger charge is 2.21. The number of nitrogens with zero attached hydrogens (tertiary/aromatic N) is 2. The normalized spacial score (nSPS) is 13.8. The third kappa shape index (κ3) is 3.68. The molecule has 0 saturated carbocycles. The summed E-state index contributed by atoms with van der Waals surface area (Å²) in [6.07, 6.45) is 3.46. The van der Waals surface area contributed by atoms with Gasteiger partial charge in [0.15, 0.2) is 0 Å². The Morgan fingerprint density at radius 1 is 1.08 bits per heavy atom. The van der Waals surface area contributed by atoms with E-state index in [0.29, 0.717) is 21.3 Å². The van der Waals surface area contributed by atoms with E-state index in [1.54, 1.807) is 29.2 Å². The van der Waals surface area contributed by atoms with Crippen LogP contribution in [0.3, 0.4) is 0 Å². The van der Waals surface area contributed by atoms with Crippen LogP contribution in [0.1, 0.15) is 33.7 Å². The topological polar surface area (TPSA) is 62.3 Å². The molecule has 0 radical (unpaired) electrons. The Hall–Kier alpha value is -2.11. The van der Waals surface area contributed by atoms with Crippen molar-refractivity contribution in [2.24, 2.45) is 0 Å². The maximum absolute atomic E-state index is 12.4. The molecule has 2 aromatic rings. The number of nitrogens with one attached hydrogen (secondary N) is 1. The lowest BCUT2D eigenvalue weighted by Crippen LogP contribution is -2.28. The van der Waals surface area contributed by atoms with Crippen molar-refractivity contribution < 1.29 is 9.59 Å². The van der Waals surface area contributed by atoms with Crippen molar-refractivity contribution in [3.05, 3.63) is 57.8 Å². The molecule has 0 aliphatic carbocycles. The number of carbonyl (C=O) groups excluding carboxylic acids is 2. The summed E-state index contributed by atoms with van der Waals surface area (Å²) in [5.41, 5.74) is 1.07. The van der Waals surface area contributed by atoms with E-state index in [4.69, 9.17) is 23.2 Å². The molecule has 3 rings (SSSR count). The fourth-order valence-electron chi connectivity index (χ4n) is 2.56. The van der Waals surface area contributed by atoms with Gasteiger partial charge in [0.2, 0.25) is 0 Å². The van der Waals surface area contributed by atoms with Crippen molar-refractivity contribution in [1.29, 1.82) is 0 Å². The van der Waals surface area contributed by atoms with Crippen LogP contribution in [-0.2, 0) is 0 Å². The van der Waals surface area contributed by atoms with Gasteiger partial charge in [-0.15, -0.1) is 0 Å². The van der Waals surface area contributed by atoms with Crippen molar-refractivity contribution in [1.82, 2.24) is 9.88 Å². The Kier molecular flexibility index (Phi) is 5.02. The first kappa shape index (κ1) is 16.7. The Labute approximate surface area is 149 Å². The van der Waals surface area contributed by atoms with Crippen molar-refractivity contribution in [2.75, 3.05) is 18.4 Å². The first-order valence-electron chi connectivity index (χ1n) is 7.56. The highest BCUT2D eigenvalue weighted by molar-refractivity contribution is 6.36. The fraction of sp³-hybridized carbons (Fsp3) is 0.235. The zero-order valence-electron chi connectivity index (χ0n) is 12.8. The molecule has 1 N–H and O–H groups in total. The molecule has 2 heterocycles. The van der Waals surface area contributed by atoms with E-state index in [1.165, 1.54) is 12.3 Å². The van der Waals surface area contributed by atoms with E-state index >= 15 is 0 Å². The largest absolute Gasteiger partial charge is 0.337 e. The Morgan fingerprint density at radius 2 is 1.83 bits per heavy atom. The van der Waals surface area contributed by atoms with Crippen LogP contribution in [0.4, 0.5) is 5.69 Å². The lowest BCUT2D eigenvalue weighted by atomic mass is 10.2. The molecule has 1 fully saturated rings. The molecular weight excluding hydrogens is 349 g/mol. The number of hydrogen-bond acceptors (Lipinski definition) is 3. The molecule has 1 aliphatic heterocycles. The molecule has 0 atom stereocenters. The number of halogens is 2. The first-order chi connectivity index (χ1) is 11.5. The van der Waals surface area contributed by atoms with Gasteiger partial charge in [0.25, 0.3) is 11.8 Å². The molecule has 1 aromatic heterocycles. The van der Waals surface area contributed by atoms with Crippen LogP contribution in [0.2, 0.25) is 10.0 Å². The molecule has 2 amide bonds. The zero-order valence-corrected chi connectivity index (χ0v) is 14.3. The number of aromatic nitrogens is 1. The number of carbonyl (C=O) groups is 2. The second kappa shape index (κ2) is 7.20. The van der Waals surface area contributed by atoms with E-state index in [2.05, 4.69) is 10.3 Å². The number of rotatable bonds is 3. The quantitative estimate of drug-likeness (QED) is 0.899. The van der Waals surface area contributed by atoms with Gasteiger partial charge in [0, 0.05) is 29.9 Å². The number of likely N-dealkylation sites (tertiary alicyclic amines) is 1. The number of benzene rings is 1. The van der Waals surface area contributed by atoms with Crippen molar-refractivity contribution >= 4 is 40.7 Å². The lowest BCUT2D eigenvalue weighted by molar-refractivity contribution is 0.0787. The van der Waals surface area contributed by atoms with E-state index in [9.17, 15) is 9.59 Å². The average molecular weight is 364 g/mol. The molecule has 1 aromatic carbocycles. The lowest BCUT2D eigenvalue weighted by Gasteiger charge is -2.15. The molecule has 124 valence electrons. The molecule has 5 nitrogen and oxygen atoms in total. The molecule has 1 saturated heterocycles. The van der Waals surface area contributed by atoms with E-state index < -0.39 is 0 Å². The van der Waals surface area contributed by atoms with Gasteiger partial charge < -0.3 is 10.2 Å². The molecule has 0 bridgehead atoms. The van der Waals surface area contributed by atoms with Crippen molar-refractivity contribution in [2.45, 2.75) is 12.8 Å². The van der Waals surface area contributed by atoms with Crippen molar-refractivity contribution in [3.63, 3.8) is 0 Å². The molecule has 0 unspecified atom stereocenters. The molecule has 0 spiro atoms. The van der Waals surface area contributed by atoms with Gasteiger partial charge in [-0.05, 0) is 43.2 Å². The summed E-state index contributed by atoms with van der Waals surface area (Å²) in [5.74, 6) is -0.510. The van der Waals surface area contributed by atoms with Gasteiger partial charge in [-0.25, -0.2) is 0 Å². The minimum absolute atomic E-state index is 0.147. The summed E-state index contributed by atoms with van der Waals surface area (Å²) in [5, 5.41) is 3.54. The number of amides is 2. The highest BCUT2D eigenvalue weighted by atomic mass is 35.5. The van der Waals surface area contributed by atoms with Crippen LogP contribution in [-0.4, -0.2) is 34.8 Å². The van der Waals surface area contributed by atoms with Gasteiger partial charge in [-0.2, -0.15) is 0 Å². The fourth-order valence-corrected chi connectivity index (χ4v) is 3.01. The van der Waals surface area contributed by atoms with Crippen LogP contribution in [0.5, 0.6) is 0 Å². The van der Waals surface area contributed by atoms with Crippen LogP contribution in [0.15, 0.2) is 36.5 Å². The maximum atomic E-state index is 12.4. The van der Waals surface area contributed by atoms with Gasteiger partial charge in [0.05, 0.1) is 10.7 Å². The Morgan fingerprint density at radius 3 is 2.54 bits per heavy atom. The minimum Gasteiger partial charge on any atom is -0.337 e. The zero-order chi connectivity index (χ0) is 17.1. The number of anilines is 1. The second-order valence-corrected chi connectivity index (χ2v) is 6.35. The number of pyridine rings is 1. The molecule has 7 heteroatoms. The summed E-state index contributed by atoms with van der Waals surface area (Å²) in [4.78, 5) is 30.6. The first-order valence-corrected chi connectivity index (χ1v) is 8.32. The third-order valence-corrected chi connectivity index (χ3v) is 4.36. The predicted octanol–water partition coefficient (Wildman–Crippen LogP) is 3.88. The highest BCUT2D eigenvalue weighted by Crippen LogP contribution is 2.25. The van der Waals surface area contributed by atoms with Gasteiger partial charge in [0.1, 0.15) is 5.69 Å². The van der Waals surface area contributed by atoms with Crippen LogP contribution >= 0.6 is 23.2 Å². The molecular formula is C17H15Cl2N3O2. The monoisotopic (exact) mass is 363 g/mol. The van der Waals surface area contributed by atoms with E-state index in [1.807, 2.05) is 0 Å². The Balaban J connectivity index is 1.77. The van der Waals surface area contributed by atoms with Crippen molar-refractivity contribution in [3.8, 4) is 0 Å². The molecule has 1 aliphatic rings. The van der Waals surface area contributed by atoms with Crippen LogP contribution < -0.4 is 5.32 Å². The van der Waals surface area contributed by atoms with Gasteiger partial charge in [-0.1, -0.05) is 23.2 Å². The smallest absolute Gasteiger partial charge is 0.272 e. The summed E-state index contributed by atoms with van der Waals surface area (Å²) in [6.45, 7) is 1.47. The molecule has 24 heavy (non-hydrogen) atoms. The summed E-state index contributed by atoms with van der Waals surface area (Å²) >= 11 is 11.9. The minimum atomic E-state index is -0.364. The SMILES string of the molecule is O=C(Nc1ccc(Cl)cc1Cl)c1ccnc(C(=O)N2CCCC2)c1. The Bertz CT molecular complexity index is 789. The summed E-state index contributed by atoms with van der Waals surface area (Å²) in [6, 6.07) is 7.87. The van der Waals surface area contributed by atoms with Gasteiger partial charge in [-0.3, -0.25) is 14.6 Å².